The van der Waals surface area contributed by atoms with Crippen molar-refractivity contribution in [3.8, 4) is 0 Å². The highest BCUT2D eigenvalue weighted by atomic mass is 35.5. The molecule has 1 saturated heterocycles. The van der Waals surface area contributed by atoms with Crippen molar-refractivity contribution in [2.75, 3.05) is 43.0 Å². The van der Waals surface area contributed by atoms with Gasteiger partial charge in [0.1, 0.15) is 11.2 Å². The molecule has 0 amide bonds. The lowest BCUT2D eigenvalue weighted by Gasteiger charge is -2.39. The van der Waals surface area contributed by atoms with Gasteiger partial charge in [-0.15, -0.1) is 53.7 Å². The molecule has 43 heavy (non-hydrogen) atoms. The smallest absolute Gasteiger partial charge is 0.317 e. The summed E-state index contributed by atoms with van der Waals surface area (Å²) >= 11 is 1.84. The standard InChI is InChI=1S/C31H40N6O2S.3ClH/c1-4-39-30(38)31(2,3)27-23-37-29(33-27)14-13-28(34-37)32-17-9-18-35-19-15-25(16-20-35)36(22-26-12-8-21-40-26)24-10-6-5-7-11-24;;;/h5-8,10-14,21,23,25H,4,9,15-20,22H2,1-3H3,(H,32,34);3*1H. The number of carbonyl (C=O) groups excluding carboxylic acids is 1. The van der Waals surface area contributed by atoms with E-state index in [4.69, 9.17) is 4.74 Å². The number of fused-ring (bicyclic) bond motifs is 1. The number of para-hydroxylation sites is 1. The van der Waals surface area contributed by atoms with Crippen LogP contribution in [0, 0.1) is 0 Å². The normalized spacial score (nSPS) is 13.8. The van der Waals surface area contributed by atoms with Crippen molar-refractivity contribution < 1.29 is 9.53 Å². The molecule has 1 aliphatic rings. The molecule has 236 valence electrons. The van der Waals surface area contributed by atoms with E-state index >= 15 is 0 Å². The second-order valence-corrected chi connectivity index (χ2v) is 11.9. The SMILES string of the molecule is CCOC(=O)C(C)(C)c1cn2nc(NCCCN3CCC(N(Cc4cccs4)c4ccccc4)CC3)ccc2n1.Cl.Cl.Cl. The number of thiophene rings is 1. The largest absolute Gasteiger partial charge is 0.465 e. The first-order chi connectivity index (χ1) is 19.4. The maximum Gasteiger partial charge on any atom is 0.317 e. The Labute approximate surface area is 277 Å². The van der Waals surface area contributed by atoms with Gasteiger partial charge in [0.05, 0.1) is 25.0 Å². The Hall–Kier alpha value is -2.56. The number of likely N-dealkylation sites (tertiary alicyclic amines) is 1. The highest BCUT2D eigenvalue weighted by molar-refractivity contribution is 7.09. The first-order valence-electron chi connectivity index (χ1n) is 14.3. The topological polar surface area (TPSA) is 75.0 Å². The van der Waals surface area contributed by atoms with Crippen LogP contribution in [0.2, 0.25) is 0 Å². The maximum atomic E-state index is 12.4. The molecule has 4 heterocycles. The van der Waals surface area contributed by atoms with Crippen LogP contribution in [0.4, 0.5) is 11.5 Å². The number of benzene rings is 1. The molecule has 1 fully saturated rings. The van der Waals surface area contributed by atoms with E-state index in [1.165, 1.54) is 23.4 Å². The third-order valence-corrected chi connectivity index (χ3v) is 8.56. The van der Waals surface area contributed by atoms with Crippen molar-refractivity contribution in [1.82, 2.24) is 19.5 Å². The number of nitrogens with one attached hydrogen (secondary N) is 1. The van der Waals surface area contributed by atoms with Crippen LogP contribution in [0.3, 0.4) is 0 Å². The maximum absolute atomic E-state index is 12.4. The Morgan fingerprint density at radius 3 is 2.49 bits per heavy atom. The van der Waals surface area contributed by atoms with E-state index < -0.39 is 5.41 Å². The second-order valence-electron chi connectivity index (χ2n) is 10.9. The fourth-order valence-electron chi connectivity index (χ4n) is 5.29. The van der Waals surface area contributed by atoms with Crippen LogP contribution < -0.4 is 10.2 Å². The van der Waals surface area contributed by atoms with Crippen LogP contribution in [0.5, 0.6) is 0 Å². The van der Waals surface area contributed by atoms with Crippen LogP contribution in [-0.2, 0) is 21.5 Å². The minimum atomic E-state index is -0.827. The summed E-state index contributed by atoms with van der Waals surface area (Å²) in [5.74, 6) is 0.521. The Morgan fingerprint density at radius 1 is 1.07 bits per heavy atom. The number of rotatable bonds is 12. The van der Waals surface area contributed by atoms with Gasteiger partial charge in [-0.1, -0.05) is 24.3 Å². The molecule has 0 saturated carbocycles. The van der Waals surface area contributed by atoms with Crippen molar-refractivity contribution in [2.45, 2.75) is 58.0 Å². The molecule has 0 radical (unpaired) electrons. The van der Waals surface area contributed by atoms with E-state index in [1.54, 1.807) is 4.52 Å². The molecule has 1 aromatic carbocycles. The van der Waals surface area contributed by atoms with Gasteiger partial charge in [-0.2, -0.15) is 0 Å². The lowest BCUT2D eigenvalue weighted by Crippen LogP contribution is -2.45. The molecule has 0 spiro atoms. The Bertz CT molecular complexity index is 1380. The number of hydrogen-bond donors (Lipinski definition) is 1. The first-order valence-corrected chi connectivity index (χ1v) is 15.2. The third kappa shape index (κ3) is 9.22. The van der Waals surface area contributed by atoms with Crippen molar-refractivity contribution in [3.63, 3.8) is 0 Å². The summed E-state index contributed by atoms with van der Waals surface area (Å²) in [6.45, 7) is 11.0. The van der Waals surface area contributed by atoms with Crippen molar-refractivity contribution in [3.05, 3.63) is 76.7 Å². The summed E-state index contributed by atoms with van der Waals surface area (Å²) < 4.78 is 6.96. The number of nitrogens with zero attached hydrogens (tertiary/aromatic N) is 5. The number of piperidine rings is 1. The molecule has 1 N–H and O–H groups in total. The zero-order chi connectivity index (χ0) is 28.0. The zero-order valence-electron chi connectivity index (χ0n) is 25.0. The average molecular weight is 670 g/mol. The molecular formula is C31H43Cl3N6O2S. The number of carbonyl (C=O) groups is 1. The molecule has 0 aliphatic carbocycles. The van der Waals surface area contributed by atoms with Crippen molar-refractivity contribution in [2.24, 2.45) is 0 Å². The van der Waals surface area contributed by atoms with Crippen molar-refractivity contribution >= 4 is 71.7 Å². The van der Waals surface area contributed by atoms with Gasteiger partial charge in [0.15, 0.2) is 5.65 Å². The van der Waals surface area contributed by atoms with E-state index in [2.05, 4.69) is 73.0 Å². The Kier molecular flexibility index (Phi) is 14.5. The number of ether oxygens (including phenoxy) is 1. The van der Waals surface area contributed by atoms with Gasteiger partial charge in [-0.05, 0) is 82.3 Å². The highest BCUT2D eigenvalue weighted by Crippen LogP contribution is 2.27. The fraction of sp³-hybridized carbons (Fsp3) is 0.452. The molecule has 0 atom stereocenters. The number of halogens is 3. The van der Waals surface area contributed by atoms with Crippen LogP contribution >= 0.6 is 48.6 Å². The minimum absolute atomic E-state index is 0. The molecule has 12 heteroatoms. The van der Waals surface area contributed by atoms with Gasteiger partial charge in [-0.3, -0.25) is 4.79 Å². The van der Waals surface area contributed by atoms with Gasteiger partial charge in [0.25, 0.3) is 0 Å². The van der Waals surface area contributed by atoms with E-state index in [9.17, 15) is 4.79 Å². The number of aromatic nitrogens is 3. The zero-order valence-corrected chi connectivity index (χ0v) is 28.2. The fourth-order valence-corrected chi connectivity index (χ4v) is 5.99. The lowest BCUT2D eigenvalue weighted by molar-refractivity contribution is -0.148. The average Bonchev–Trinajstić information content (AvgIpc) is 3.65. The molecule has 5 rings (SSSR count). The lowest BCUT2D eigenvalue weighted by atomic mass is 9.90. The minimum Gasteiger partial charge on any atom is -0.465 e. The predicted molar refractivity (Wildman–Crippen MR) is 184 cm³/mol. The molecule has 0 unspecified atom stereocenters. The molecule has 0 bridgehead atoms. The van der Waals surface area contributed by atoms with Crippen LogP contribution in [0.15, 0.2) is 66.2 Å². The van der Waals surface area contributed by atoms with Gasteiger partial charge < -0.3 is 19.9 Å². The van der Waals surface area contributed by atoms with Gasteiger partial charge in [0.2, 0.25) is 0 Å². The molecular weight excluding hydrogens is 627 g/mol. The molecule has 4 aromatic rings. The van der Waals surface area contributed by atoms with E-state index in [0.717, 1.165) is 45.0 Å². The monoisotopic (exact) mass is 668 g/mol. The van der Waals surface area contributed by atoms with E-state index in [0.29, 0.717) is 24.0 Å². The quantitative estimate of drug-likeness (QED) is 0.130. The Balaban J connectivity index is 0.00000215. The highest BCUT2D eigenvalue weighted by Gasteiger charge is 2.34. The summed E-state index contributed by atoms with van der Waals surface area (Å²) in [6, 6.07) is 19.7. The molecule has 3 aromatic heterocycles. The van der Waals surface area contributed by atoms with Crippen molar-refractivity contribution in [1.29, 1.82) is 0 Å². The van der Waals surface area contributed by atoms with E-state index in [-0.39, 0.29) is 43.2 Å². The molecule has 1 aliphatic heterocycles. The van der Waals surface area contributed by atoms with Crippen LogP contribution in [-0.4, -0.2) is 64.3 Å². The number of esters is 1. The summed E-state index contributed by atoms with van der Waals surface area (Å²) in [4.78, 5) is 23.6. The Morgan fingerprint density at radius 2 is 1.81 bits per heavy atom. The summed E-state index contributed by atoms with van der Waals surface area (Å²) in [5, 5.41) is 10.3. The van der Waals surface area contributed by atoms with E-state index in [1.807, 2.05) is 50.4 Å². The molecule has 8 nitrogen and oxygen atoms in total. The van der Waals surface area contributed by atoms with Gasteiger partial charge >= 0.3 is 5.97 Å². The summed E-state index contributed by atoms with van der Waals surface area (Å²) in [7, 11) is 0. The second kappa shape index (κ2) is 17.1. The van der Waals surface area contributed by atoms with Gasteiger partial charge in [0, 0.05) is 36.2 Å². The summed E-state index contributed by atoms with van der Waals surface area (Å²) in [6.07, 6.45) is 5.22. The van der Waals surface area contributed by atoms with Gasteiger partial charge in [-0.25, -0.2) is 9.50 Å². The first kappa shape index (κ1) is 36.6. The summed E-state index contributed by atoms with van der Waals surface area (Å²) in [5.41, 5.74) is 1.86. The van der Waals surface area contributed by atoms with Crippen LogP contribution in [0.1, 0.15) is 50.6 Å². The third-order valence-electron chi connectivity index (χ3n) is 7.70. The predicted octanol–water partition coefficient (Wildman–Crippen LogP) is 6.87. The number of anilines is 2. The number of hydrogen-bond acceptors (Lipinski definition) is 8. The number of imidazole rings is 1. The van der Waals surface area contributed by atoms with Crippen LogP contribution in [0.25, 0.3) is 5.65 Å².